The summed E-state index contributed by atoms with van der Waals surface area (Å²) in [4.78, 5) is 19.2. The van der Waals surface area contributed by atoms with Gasteiger partial charge in [0.2, 0.25) is 0 Å². The van der Waals surface area contributed by atoms with E-state index < -0.39 is 5.82 Å². The number of nitrogens with zero attached hydrogens (tertiary/aromatic N) is 5. The van der Waals surface area contributed by atoms with Crippen molar-refractivity contribution in [1.82, 2.24) is 30.1 Å². The summed E-state index contributed by atoms with van der Waals surface area (Å²) in [6, 6.07) is 7.94. The van der Waals surface area contributed by atoms with Gasteiger partial charge in [-0.1, -0.05) is 19.6 Å². The number of hydrogen-bond acceptors (Lipinski definition) is 6. The largest absolute Gasteiger partial charge is 0.370 e. The third kappa shape index (κ3) is 3.86. The van der Waals surface area contributed by atoms with E-state index in [1.165, 1.54) is 19.3 Å². The molecule has 3 N–H and O–H groups in total. The average molecular weight is 483 g/mol. The first-order chi connectivity index (χ1) is 17.6. The number of nitrogens with one attached hydrogen (secondary N) is 3. The predicted octanol–water partition coefficient (Wildman–Crippen LogP) is 6.03. The van der Waals surface area contributed by atoms with Crippen LogP contribution >= 0.6 is 0 Å². The lowest BCUT2D eigenvalue weighted by molar-refractivity contribution is 0.579. The number of aromatic nitrogens is 6. The SMILES string of the molecule is C=C(CC)Nc1cncc(-c2ncc3[nH]nc(-c4nc5c(N6CCCCC6)cccc5[nH]4)c3c2F)c1. The Hall–Kier alpha value is -4.27. The van der Waals surface area contributed by atoms with Crippen LogP contribution in [0.5, 0.6) is 0 Å². The lowest BCUT2D eigenvalue weighted by Crippen LogP contribution is -2.29. The minimum Gasteiger partial charge on any atom is -0.370 e. The standard InChI is InChI=1S/C27H27FN8/c1-3-16(2)31-18-12-17(13-29-14-18)24-23(28)22-20(15-30-24)34-35-26(22)27-32-19-8-7-9-21(25(19)33-27)36-10-5-4-6-11-36/h7-9,12-15,31H,2-6,10-11H2,1H3,(H,32,33)(H,34,35). The van der Waals surface area contributed by atoms with Gasteiger partial charge >= 0.3 is 0 Å². The summed E-state index contributed by atoms with van der Waals surface area (Å²) in [6.07, 6.45) is 9.26. The zero-order chi connectivity index (χ0) is 24.6. The summed E-state index contributed by atoms with van der Waals surface area (Å²) < 4.78 is 16.0. The highest BCUT2D eigenvalue weighted by atomic mass is 19.1. The van der Waals surface area contributed by atoms with Gasteiger partial charge in [-0.25, -0.2) is 9.37 Å². The Kier molecular flexibility index (Phi) is 5.59. The summed E-state index contributed by atoms with van der Waals surface area (Å²) in [6.45, 7) is 8.01. The molecule has 6 rings (SSSR count). The molecule has 1 saturated heterocycles. The molecule has 1 aromatic carbocycles. The lowest BCUT2D eigenvalue weighted by atomic mass is 10.1. The van der Waals surface area contributed by atoms with Gasteiger partial charge in [-0.15, -0.1) is 0 Å². The van der Waals surface area contributed by atoms with E-state index >= 15 is 4.39 Å². The van der Waals surface area contributed by atoms with E-state index in [9.17, 15) is 0 Å². The quantitative estimate of drug-likeness (QED) is 0.273. The topological polar surface area (TPSA) is 98.4 Å². The van der Waals surface area contributed by atoms with Gasteiger partial charge in [0.05, 0.1) is 40.2 Å². The molecule has 0 unspecified atom stereocenters. The number of fused-ring (bicyclic) bond motifs is 2. The Morgan fingerprint density at radius 2 is 1.97 bits per heavy atom. The fraction of sp³-hybridized carbons (Fsp3) is 0.259. The van der Waals surface area contributed by atoms with Crippen LogP contribution < -0.4 is 10.2 Å². The zero-order valence-electron chi connectivity index (χ0n) is 20.1. The van der Waals surface area contributed by atoms with Gasteiger partial charge in [0, 0.05) is 30.5 Å². The summed E-state index contributed by atoms with van der Waals surface area (Å²) >= 11 is 0. The fourth-order valence-electron chi connectivity index (χ4n) is 4.80. The summed E-state index contributed by atoms with van der Waals surface area (Å²) in [5.74, 6) is 0.0470. The van der Waals surface area contributed by atoms with Crippen LogP contribution in [0.3, 0.4) is 0 Å². The molecule has 36 heavy (non-hydrogen) atoms. The minimum atomic E-state index is -0.471. The summed E-state index contributed by atoms with van der Waals surface area (Å²) in [5, 5.41) is 10.9. The number of halogens is 1. The molecule has 1 aliphatic rings. The molecule has 1 fully saturated rings. The van der Waals surface area contributed by atoms with Crippen LogP contribution in [0.1, 0.15) is 32.6 Å². The number of anilines is 2. The van der Waals surface area contributed by atoms with E-state index in [2.05, 4.69) is 48.0 Å². The maximum Gasteiger partial charge on any atom is 0.161 e. The first kappa shape index (κ1) is 22.2. The Morgan fingerprint density at radius 1 is 1.11 bits per heavy atom. The Balaban J connectivity index is 1.43. The molecular formula is C27H27FN8. The second-order valence-electron chi connectivity index (χ2n) is 9.13. The van der Waals surface area contributed by atoms with E-state index in [1.54, 1.807) is 18.6 Å². The van der Waals surface area contributed by atoms with Crippen LogP contribution in [0.15, 0.2) is 55.1 Å². The van der Waals surface area contributed by atoms with Crippen molar-refractivity contribution >= 4 is 33.3 Å². The number of aromatic amines is 2. The highest BCUT2D eigenvalue weighted by molar-refractivity contribution is 5.97. The number of pyridine rings is 2. The predicted molar refractivity (Wildman–Crippen MR) is 141 cm³/mol. The average Bonchev–Trinajstić information content (AvgIpc) is 3.54. The molecule has 5 heterocycles. The Morgan fingerprint density at radius 3 is 2.81 bits per heavy atom. The van der Waals surface area contributed by atoms with Crippen LogP contribution in [-0.4, -0.2) is 43.2 Å². The molecule has 8 nitrogen and oxygen atoms in total. The molecule has 4 aromatic heterocycles. The molecule has 5 aromatic rings. The first-order valence-electron chi connectivity index (χ1n) is 12.3. The minimum absolute atomic E-state index is 0.202. The van der Waals surface area contributed by atoms with Gasteiger partial charge in [-0.05, 0) is 43.9 Å². The van der Waals surface area contributed by atoms with Crippen LogP contribution in [0.4, 0.5) is 15.8 Å². The maximum atomic E-state index is 16.0. The highest BCUT2D eigenvalue weighted by Crippen LogP contribution is 2.35. The van der Waals surface area contributed by atoms with Crippen molar-refractivity contribution in [3.8, 4) is 22.8 Å². The second kappa shape index (κ2) is 9.07. The Labute approximate surface area is 207 Å². The third-order valence-corrected chi connectivity index (χ3v) is 6.72. The van der Waals surface area contributed by atoms with Crippen molar-refractivity contribution in [3.05, 3.63) is 60.9 Å². The van der Waals surface area contributed by atoms with Crippen LogP contribution in [-0.2, 0) is 0 Å². The number of rotatable bonds is 6. The number of H-pyrrole nitrogens is 2. The molecule has 0 spiro atoms. The van der Waals surface area contributed by atoms with E-state index in [-0.39, 0.29) is 5.69 Å². The highest BCUT2D eigenvalue weighted by Gasteiger charge is 2.22. The fourth-order valence-corrected chi connectivity index (χ4v) is 4.80. The van der Waals surface area contributed by atoms with Crippen LogP contribution in [0.25, 0.3) is 44.7 Å². The number of benzene rings is 1. The molecule has 182 valence electrons. The molecule has 9 heteroatoms. The van der Waals surface area contributed by atoms with Crippen LogP contribution in [0, 0.1) is 5.82 Å². The van der Waals surface area contributed by atoms with Crippen molar-refractivity contribution in [1.29, 1.82) is 0 Å². The van der Waals surface area contributed by atoms with E-state index in [0.29, 0.717) is 28.0 Å². The molecular weight excluding hydrogens is 455 g/mol. The smallest absolute Gasteiger partial charge is 0.161 e. The van der Waals surface area contributed by atoms with Gasteiger partial charge in [0.25, 0.3) is 0 Å². The van der Waals surface area contributed by atoms with Gasteiger partial charge in [-0.3, -0.25) is 15.1 Å². The number of imidazole rings is 1. The number of piperidine rings is 1. The lowest BCUT2D eigenvalue weighted by Gasteiger charge is -2.28. The summed E-state index contributed by atoms with van der Waals surface area (Å²) in [5.41, 5.74) is 6.15. The van der Waals surface area contributed by atoms with Gasteiger partial charge in [-0.2, -0.15) is 5.10 Å². The molecule has 0 bridgehead atoms. The van der Waals surface area contributed by atoms with E-state index in [4.69, 9.17) is 4.98 Å². The van der Waals surface area contributed by atoms with Crippen molar-refractivity contribution < 1.29 is 4.39 Å². The molecule has 0 amide bonds. The Bertz CT molecular complexity index is 1580. The van der Waals surface area contributed by atoms with Gasteiger partial charge in [0.1, 0.15) is 16.9 Å². The van der Waals surface area contributed by atoms with Gasteiger partial charge < -0.3 is 15.2 Å². The number of allylic oxidation sites excluding steroid dienone is 1. The first-order valence-corrected chi connectivity index (χ1v) is 12.3. The molecule has 0 atom stereocenters. The van der Waals surface area contributed by atoms with Crippen LogP contribution in [0.2, 0.25) is 0 Å². The van der Waals surface area contributed by atoms with E-state index in [1.807, 2.05) is 25.1 Å². The molecule has 0 saturated carbocycles. The molecule has 0 aliphatic carbocycles. The molecule has 1 aliphatic heterocycles. The van der Waals surface area contributed by atoms with Crippen molar-refractivity contribution in [2.24, 2.45) is 0 Å². The number of para-hydroxylation sites is 1. The second-order valence-corrected chi connectivity index (χ2v) is 9.13. The van der Waals surface area contributed by atoms with Crippen molar-refractivity contribution in [2.75, 3.05) is 23.3 Å². The normalized spacial score (nSPS) is 14.0. The number of hydrogen-bond donors (Lipinski definition) is 3. The van der Waals surface area contributed by atoms with E-state index in [0.717, 1.165) is 47.6 Å². The monoisotopic (exact) mass is 482 g/mol. The summed E-state index contributed by atoms with van der Waals surface area (Å²) in [7, 11) is 0. The maximum absolute atomic E-state index is 16.0. The molecule has 0 radical (unpaired) electrons. The van der Waals surface area contributed by atoms with Gasteiger partial charge in [0.15, 0.2) is 11.6 Å². The zero-order valence-corrected chi connectivity index (χ0v) is 20.1. The third-order valence-electron chi connectivity index (χ3n) is 6.72. The van der Waals surface area contributed by atoms with Crippen molar-refractivity contribution in [3.63, 3.8) is 0 Å². The van der Waals surface area contributed by atoms with Crippen molar-refractivity contribution in [2.45, 2.75) is 32.6 Å².